The van der Waals surface area contributed by atoms with E-state index < -0.39 is 15.6 Å². The highest BCUT2D eigenvalue weighted by molar-refractivity contribution is 14.0. The summed E-state index contributed by atoms with van der Waals surface area (Å²) in [6.45, 7) is 11.3. The minimum absolute atomic E-state index is 0. The molecule has 0 aliphatic heterocycles. The van der Waals surface area contributed by atoms with Crippen molar-refractivity contribution < 1.29 is 8.42 Å². The SMILES string of the molecule is CCNC(=NCc1nc(C)c(C)s1)NCC(C)(C)NS(C)(=O)=O.I. The summed E-state index contributed by atoms with van der Waals surface area (Å²) in [6, 6.07) is 0. The molecule has 0 fully saturated rings. The van der Waals surface area contributed by atoms with Gasteiger partial charge in [-0.1, -0.05) is 0 Å². The van der Waals surface area contributed by atoms with Gasteiger partial charge in [0.1, 0.15) is 5.01 Å². The summed E-state index contributed by atoms with van der Waals surface area (Å²) in [4.78, 5) is 10.2. The van der Waals surface area contributed by atoms with Crippen LogP contribution in [0.1, 0.15) is 36.3 Å². The average molecular weight is 489 g/mol. The molecule has 0 saturated carbocycles. The number of guanidine groups is 1. The summed E-state index contributed by atoms with van der Waals surface area (Å²) in [6.07, 6.45) is 1.15. The predicted octanol–water partition coefficient (Wildman–Crippen LogP) is 1.76. The first-order valence-corrected chi connectivity index (χ1v) is 10.2. The molecule has 1 rings (SSSR count). The number of rotatable bonds is 7. The van der Waals surface area contributed by atoms with Crippen molar-refractivity contribution in [1.29, 1.82) is 0 Å². The molecule has 7 nitrogen and oxygen atoms in total. The van der Waals surface area contributed by atoms with Crippen LogP contribution in [0.2, 0.25) is 0 Å². The Labute approximate surface area is 166 Å². The van der Waals surface area contributed by atoms with Gasteiger partial charge in [0.05, 0.1) is 18.5 Å². The van der Waals surface area contributed by atoms with Crippen molar-refractivity contribution in [2.24, 2.45) is 4.99 Å². The number of halogens is 1. The van der Waals surface area contributed by atoms with Crippen LogP contribution in [-0.4, -0.2) is 44.2 Å². The first kappa shape index (κ1) is 23.5. The molecule has 0 aliphatic carbocycles. The van der Waals surface area contributed by atoms with E-state index in [2.05, 4.69) is 25.3 Å². The topological polar surface area (TPSA) is 95.5 Å². The van der Waals surface area contributed by atoms with E-state index >= 15 is 0 Å². The molecule has 0 bridgehead atoms. The Morgan fingerprint density at radius 2 is 1.92 bits per heavy atom. The molecule has 0 unspecified atom stereocenters. The van der Waals surface area contributed by atoms with Gasteiger partial charge in [0.25, 0.3) is 0 Å². The molecular weight excluding hydrogens is 461 g/mol. The summed E-state index contributed by atoms with van der Waals surface area (Å²) in [5.41, 5.74) is 0.426. The number of nitrogens with zero attached hydrogens (tertiary/aromatic N) is 2. The van der Waals surface area contributed by atoms with Crippen LogP contribution in [0.4, 0.5) is 0 Å². The van der Waals surface area contributed by atoms with E-state index in [-0.39, 0.29) is 24.0 Å². The Balaban J connectivity index is 0.00000529. The Kier molecular flexibility index (Phi) is 9.69. The smallest absolute Gasteiger partial charge is 0.209 e. The van der Waals surface area contributed by atoms with Crippen molar-refractivity contribution in [2.45, 2.75) is 46.7 Å². The highest BCUT2D eigenvalue weighted by atomic mass is 127. The lowest BCUT2D eigenvalue weighted by molar-refractivity contribution is 0.446. The first-order valence-electron chi connectivity index (χ1n) is 7.46. The van der Waals surface area contributed by atoms with Crippen LogP contribution >= 0.6 is 35.3 Å². The third-order valence-corrected chi connectivity index (χ3v) is 4.93. The van der Waals surface area contributed by atoms with E-state index in [0.29, 0.717) is 19.0 Å². The summed E-state index contributed by atoms with van der Waals surface area (Å²) in [7, 11) is -3.26. The van der Waals surface area contributed by atoms with E-state index in [1.165, 1.54) is 4.88 Å². The number of hydrogen-bond acceptors (Lipinski definition) is 5. The van der Waals surface area contributed by atoms with Crippen LogP contribution in [0.5, 0.6) is 0 Å². The van der Waals surface area contributed by atoms with Gasteiger partial charge in [-0.3, -0.25) is 0 Å². The highest BCUT2D eigenvalue weighted by Crippen LogP contribution is 2.16. The van der Waals surface area contributed by atoms with E-state index in [4.69, 9.17) is 0 Å². The quantitative estimate of drug-likeness (QED) is 0.308. The van der Waals surface area contributed by atoms with Gasteiger partial charge in [-0.25, -0.2) is 23.1 Å². The number of sulfonamides is 1. The molecule has 1 aromatic rings. The number of thiazole rings is 1. The molecule has 1 aromatic heterocycles. The second-order valence-corrected chi connectivity index (χ2v) is 9.09. The van der Waals surface area contributed by atoms with Crippen molar-refractivity contribution in [2.75, 3.05) is 19.3 Å². The largest absolute Gasteiger partial charge is 0.357 e. The van der Waals surface area contributed by atoms with E-state index in [0.717, 1.165) is 23.5 Å². The molecule has 24 heavy (non-hydrogen) atoms. The molecule has 0 amide bonds. The zero-order valence-electron chi connectivity index (χ0n) is 15.1. The minimum atomic E-state index is -3.26. The molecule has 0 atom stereocenters. The summed E-state index contributed by atoms with van der Waals surface area (Å²) in [5, 5.41) is 7.28. The highest BCUT2D eigenvalue weighted by Gasteiger charge is 2.22. The maximum Gasteiger partial charge on any atom is 0.209 e. The molecule has 140 valence electrons. The van der Waals surface area contributed by atoms with Crippen LogP contribution < -0.4 is 15.4 Å². The molecular formula is C14H28IN5O2S2. The third kappa shape index (κ3) is 9.14. The zero-order valence-corrected chi connectivity index (χ0v) is 19.0. The standard InChI is InChI=1S/C14H27N5O2S2.HI/c1-7-15-13(16-8-12-18-10(2)11(3)22-12)17-9-14(4,5)19-23(6,20)21;/h19H,7-9H2,1-6H3,(H2,15,16,17);1H. The van der Waals surface area contributed by atoms with Gasteiger partial charge < -0.3 is 10.6 Å². The summed E-state index contributed by atoms with van der Waals surface area (Å²) >= 11 is 1.64. The van der Waals surface area contributed by atoms with E-state index in [9.17, 15) is 8.42 Å². The molecule has 0 spiro atoms. The fourth-order valence-electron chi connectivity index (χ4n) is 1.94. The second kappa shape index (κ2) is 9.88. The number of aliphatic imine (C=N–C) groups is 1. The Bertz CT molecular complexity index is 637. The van der Waals surface area contributed by atoms with Crippen LogP contribution in [0.25, 0.3) is 0 Å². The van der Waals surface area contributed by atoms with Crippen molar-refractivity contribution >= 4 is 51.3 Å². The zero-order chi connectivity index (χ0) is 17.7. The lowest BCUT2D eigenvalue weighted by atomic mass is 10.1. The molecule has 0 aromatic carbocycles. The maximum atomic E-state index is 11.4. The lowest BCUT2D eigenvalue weighted by Crippen LogP contribution is -2.53. The van der Waals surface area contributed by atoms with E-state index in [1.807, 2.05) is 34.6 Å². The molecule has 3 N–H and O–H groups in total. The van der Waals surface area contributed by atoms with Crippen LogP contribution in [0.15, 0.2) is 4.99 Å². The Hall–Kier alpha value is -0.460. The van der Waals surface area contributed by atoms with Crippen LogP contribution in [-0.2, 0) is 16.6 Å². The van der Waals surface area contributed by atoms with Gasteiger partial charge >= 0.3 is 0 Å². The van der Waals surface area contributed by atoms with E-state index in [1.54, 1.807) is 11.3 Å². The maximum absolute atomic E-state index is 11.4. The monoisotopic (exact) mass is 489 g/mol. The van der Waals surface area contributed by atoms with Gasteiger partial charge in [0.2, 0.25) is 10.0 Å². The van der Waals surface area contributed by atoms with Gasteiger partial charge in [0.15, 0.2) is 5.96 Å². The molecule has 0 aliphatic rings. The fourth-order valence-corrected chi connectivity index (χ4v) is 3.87. The predicted molar refractivity (Wildman–Crippen MR) is 112 cm³/mol. The molecule has 10 heteroatoms. The minimum Gasteiger partial charge on any atom is -0.357 e. The number of aromatic nitrogens is 1. The molecule has 1 heterocycles. The fraction of sp³-hybridized carbons (Fsp3) is 0.714. The molecule has 0 radical (unpaired) electrons. The Morgan fingerprint density at radius 3 is 2.38 bits per heavy atom. The third-order valence-electron chi connectivity index (χ3n) is 2.95. The van der Waals surface area contributed by atoms with Gasteiger partial charge in [0, 0.05) is 23.5 Å². The second-order valence-electron chi connectivity index (χ2n) is 6.06. The lowest BCUT2D eigenvalue weighted by Gasteiger charge is -2.26. The van der Waals surface area contributed by atoms with Gasteiger partial charge in [-0.05, 0) is 34.6 Å². The summed E-state index contributed by atoms with van der Waals surface area (Å²) < 4.78 is 25.3. The van der Waals surface area contributed by atoms with Crippen LogP contribution in [0.3, 0.4) is 0 Å². The van der Waals surface area contributed by atoms with Crippen molar-refractivity contribution in [3.63, 3.8) is 0 Å². The van der Waals surface area contributed by atoms with Gasteiger partial charge in [-0.2, -0.15) is 0 Å². The number of nitrogens with one attached hydrogen (secondary N) is 3. The van der Waals surface area contributed by atoms with Crippen molar-refractivity contribution in [3.8, 4) is 0 Å². The van der Waals surface area contributed by atoms with Crippen molar-refractivity contribution in [1.82, 2.24) is 20.3 Å². The average Bonchev–Trinajstić information content (AvgIpc) is 2.69. The summed E-state index contributed by atoms with van der Waals surface area (Å²) in [5.74, 6) is 0.640. The Morgan fingerprint density at radius 1 is 1.29 bits per heavy atom. The number of hydrogen-bond donors (Lipinski definition) is 3. The van der Waals surface area contributed by atoms with Crippen LogP contribution in [0, 0.1) is 13.8 Å². The normalized spacial score (nSPS) is 12.7. The van der Waals surface area contributed by atoms with Crippen molar-refractivity contribution in [3.05, 3.63) is 15.6 Å². The molecule has 0 saturated heterocycles. The number of aryl methyl sites for hydroxylation is 2. The van der Waals surface area contributed by atoms with Gasteiger partial charge in [-0.15, -0.1) is 35.3 Å². The first-order chi connectivity index (χ1) is 10.5.